The Morgan fingerprint density at radius 1 is 1.44 bits per heavy atom. The lowest BCUT2D eigenvalue weighted by Gasteiger charge is -2.36. The van der Waals surface area contributed by atoms with E-state index in [-0.39, 0.29) is 0 Å². The molecule has 0 spiro atoms. The molecule has 90 valence electrons. The quantitative estimate of drug-likeness (QED) is 0.826. The van der Waals surface area contributed by atoms with Gasteiger partial charge in [-0.05, 0) is 47.7 Å². The summed E-state index contributed by atoms with van der Waals surface area (Å²) < 4.78 is 0. The summed E-state index contributed by atoms with van der Waals surface area (Å²) in [6.45, 7) is 2.35. The zero-order chi connectivity index (χ0) is 11.4. The molecule has 0 saturated heterocycles. The van der Waals surface area contributed by atoms with E-state index in [9.17, 15) is 0 Å². The smallest absolute Gasteiger partial charge is 0.0357 e. The third-order valence-electron chi connectivity index (χ3n) is 4.13. The summed E-state index contributed by atoms with van der Waals surface area (Å²) in [7, 11) is 2.11. The van der Waals surface area contributed by atoms with Crippen molar-refractivity contribution in [2.45, 2.75) is 45.1 Å². The molecule has 0 aromatic carbocycles. The van der Waals surface area contributed by atoms with Crippen molar-refractivity contribution in [2.24, 2.45) is 11.8 Å². The van der Waals surface area contributed by atoms with Crippen LogP contribution in [0.4, 0.5) is 0 Å². The van der Waals surface area contributed by atoms with Crippen LogP contribution in [-0.4, -0.2) is 7.05 Å². The molecule has 0 aliphatic heterocycles. The first-order valence-corrected chi connectivity index (χ1v) is 7.50. The Morgan fingerprint density at radius 2 is 2.25 bits per heavy atom. The molecule has 3 unspecified atom stereocenters. The first-order valence-electron chi connectivity index (χ1n) is 6.56. The Labute approximate surface area is 103 Å². The average molecular weight is 237 g/mol. The van der Waals surface area contributed by atoms with Crippen LogP contribution < -0.4 is 5.32 Å². The van der Waals surface area contributed by atoms with Crippen LogP contribution >= 0.6 is 11.3 Å². The van der Waals surface area contributed by atoms with Crippen molar-refractivity contribution in [3.63, 3.8) is 0 Å². The molecular weight excluding hydrogens is 214 g/mol. The molecule has 1 nitrogen and oxygen atoms in total. The minimum Gasteiger partial charge on any atom is -0.313 e. The van der Waals surface area contributed by atoms with Gasteiger partial charge in [0.1, 0.15) is 0 Å². The average Bonchev–Trinajstić information content (AvgIpc) is 2.84. The summed E-state index contributed by atoms with van der Waals surface area (Å²) in [6, 6.07) is 2.86. The molecular formula is C14H23NS. The van der Waals surface area contributed by atoms with Crippen LogP contribution in [0.3, 0.4) is 0 Å². The van der Waals surface area contributed by atoms with Crippen LogP contribution in [0.1, 0.15) is 50.6 Å². The van der Waals surface area contributed by atoms with Crippen molar-refractivity contribution in [1.82, 2.24) is 5.32 Å². The van der Waals surface area contributed by atoms with E-state index >= 15 is 0 Å². The van der Waals surface area contributed by atoms with E-state index in [1.807, 2.05) is 11.3 Å². The Morgan fingerprint density at radius 3 is 2.88 bits per heavy atom. The van der Waals surface area contributed by atoms with Crippen LogP contribution in [0, 0.1) is 11.8 Å². The molecule has 0 bridgehead atoms. The third kappa shape index (κ3) is 2.49. The molecule has 0 radical (unpaired) electrons. The number of hydrogen-bond donors (Lipinski definition) is 1. The van der Waals surface area contributed by atoms with E-state index < -0.39 is 0 Å². The molecule has 1 aliphatic rings. The Kier molecular flexibility index (Phi) is 4.42. The number of nitrogens with one attached hydrogen (secondary N) is 1. The Balaban J connectivity index is 2.13. The zero-order valence-corrected chi connectivity index (χ0v) is 11.2. The molecule has 1 N–H and O–H groups in total. The zero-order valence-electron chi connectivity index (χ0n) is 10.4. The molecule has 0 amide bonds. The fraction of sp³-hybridized carbons (Fsp3) is 0.714. The fourth-order valence-corrected chi connectivity index (χ4v) is 3.96. The molecule has 1 aromatic rings. The lowest BCUT2D eigenvalue weighted by molar-refractivity contribution is 0.181. The van der Waals surface area contributed by atoms with Gasteiger partial charge in [-0.1, -0.05) is 32.6 Å². The minimum atomic E-state index is 0.580. The van der Waals surface area contributed by atoms with Crippen LogP contribution in [0.25, 0.3) is 0 Å². The molecule has 1 saturated carbocycles. The summed E-state index contributed by atoms with van der Waals surface area (Å²) in [5.41, 5.74) is 1.50. The Hall–Kier alpha value is -0.340. The van der Waals surface area contributed by atoms with Gasteiger partial charge in [-0.15, -0.1) is 0 Å². The summed E-state index contributed by atoms with van der Waals surface area (Å²) in [5, 5.41) is 8.05. The lowest BCUT2D eigenvalue weighted by atomic mass is 9.73. The van der Waals surface area contributed by atoms with Crippen molar-refractivity contribution in [3.8, 4) is 0 Å². The van der Waals surface area contributed by atoms with Crippen LogP contribution in [0.15, 0.2) is 16.8 Å². The van der Waals surface area contributed by atoms with E-state index in [1.165, 1.54) is 37.7 Å². The molecule has 2 heteroatoms. The van der Waals surface area contributed by atoms with Gasteiger partial charge in [0.2, 0.25) is 0 Å². The van der Waals surface area contributed by atoms with Crippen LogP contribution in [0.2, 0.25) is 0 Å². The van der Waals surface area contributed by atoms with Gasteiger partial charge in [-0.3, -0.25) is 0 Å². The van der Waals surface area contributed by atoms with Crippen molar-refractivity contribution in [1.29, 1.82) is 0 Å². The van der Waals surface area contributed by atoms with Crippen molar-refractivity contribution >= 4 is 11.3 Å². The SMILES string of the molecule is CCC1CCCCC1C(NC)c1ccsc1. The van der Waals surface area contributed by atoms with Crippen LogP contribution in [0.5, 0.6) is 0 Å². The normalized spacial score (nSPS) is 27.9. The largest absolute Gasteiger partial charge is 0.313 e. The molecule has 1 fully saturated rings. The molecule has 16 heavy (non-hydrogen) atoms. The van der Waals surface area contributed by atoms with Crippen molar-refractivity contribution in [2.75, 3.05) is 7.05 Å². The van der Waals surface area contributed by atoms with Crippen molar-refractivity contribution < 1.29 is 0 Å². The molecule has 3 atom stereocenters. The van der Waals surface area contributed by atoms with Crippen LogP contribution in [-0.2, 0) is 0 Å². The van der Waals surface area contributed by atoms with Gasteiger partial charge >= 0.3 is 0 Å². The molecule has 1 aromatic heterocycles. The highest BCUT2D eigenvalue weighted by Gasteiger charge is 2.30. The second-order valence-corrected chi connectivity index (χ2v) is 5.72. The van der Waals surface area contributed by atoms with E-state index in [0.717, 1.165) is 11.8 Å². The summed E-state index contributed by atoms with van der Waals surface area (Å²) in [4.78, 5) is 0. The second kappa shape index (κ2) is 5.83. The maximum atomic E-state index is 3.55. The maximum Gasteiger partial charge on any atom is 0.0357 e. The number of rotatable bonds is 4. The van der Waals surface area contributed by atoms with Gasteiger partial charge in [0.05, 0.1) is 0 Å². The lowest BCUT2D eigenvalue weighted by Crippen LogP contribution is -2.32. The monoisotopic (exact) mass is 237 g/mol. The van der Waals surface area contributed by atoms with Crippen molar-refractivity contribution in [3.05, 3.63) is 22.4 Å². The second-order valence-electron chi connectivity index (χ2n) is 4.94. The van der Waals surface area contributed by atoms with E-state index in [4.69, 9.17) is 0 Å². The summed E-state index contributed by atoms with van der Waals surface area (Å²) >= 11 is 1.82. The highest BCUT2D eigenvalue weighted by atomic mass is 32.1. The molecule has 1 heterocycles. The van der Waals surface area contributed by atoms with E-state index in [2.05, 4.69) is 36.1 Å². The minimum absolute atomic E-state index is 0.580. The van der Waals surface area contributed by atoms with Gasteiger partial charge in [0.25, 0.3) is 0 Å². The van der Waals surface area contributed by atoms with Gasteiger partial charge in [-0.25, -0.2) is 0 Å². The number of thiophene rings is 1. The predicted molar refractivity (Wildman–Crippen MR) is 71.9 cm³/mol. The fourth-order valence-electron chi connectivity index (χ4n) is 3.26. The standard InChI is InChI=1S/C14H23NS/c1-3-11-6-4-5-7-13(11)14(15-2)12-8-9-16-10-12/h8-11,13-15H,3-7H2,1-2H3. The van der Waals surface area contributed by atoms with E-state index in [0.29, 0.717) is 6.04 Å². The Bertz CT molecular complexity index is 294. The first kappa shape index (κ1) is 12.1. The predicted octanol–water partition coefficient (Wildman–Crippen LogP) is 4.23. The molecule has 2 rings (SSSR count). The highest BCUT2D eigenvalue weighted by molar-refractivity contribution is 7.07. The molecule has 1 aliphatic carbocycles. The highest BCUT2D eigenvalue weighted by Crippen LogP contribution is 2.40. The number of hydrogen-bond acceptors (Lipinski definition) is 2. The summed E-state index contributed by atoms with van der Waals surface area (Å²) in [6.07, 6.45) is 7.04. The van der Waals surface area contributed by atoms with Gasteiger partial charge in [0, 0.05) is 6.04 Å². The third-order valence-corrected chi connectivity index (χ3v) is 4.84. The van der Waals surface area contributed by atoms with Gasteiger partial charge < -0.3 is 5.32 Å². The summed E-state index contributed by atoms with van der Waals surface area (Å²) in [5.74, 6) is 1.77. The van der Waals surface area contributed by atoms with Gasteiger partial charge in [0.15, 0.2) is 0 Å². The topological polar surface area (TPSA) is 12.0 Å². The first-order chi connectivity index (χ1) is 7.86. The maximum absolute atomic E-state index is 3.55. The van der Waals surface area contributed by atoms with Gasteiger partial charge in [-0.2, -0.15) is 11.3 Å². The van der Waals surface area contributed by atoms with E-state index in [1.54, 1.807) is 0 Å².